The highest BCUT2D eigenvalue weighted by Gasteiger charge is 2.36. The molecule has 258 valence electrons. The maximum Gasteiger partial charge on any atom is 0.273 e. The van der Waals surface area contributed by atoms with Crippen molar-refractivity contribution in [3.05, 3.63) is 128 Å². The van der Waals surface area contributed by atoms with Gasteiger partial charge in [-0.3, -0.25) is 24.0 Å². The van der Waals surface area contributed by atoms with E-state index in [9.17, 15) is 28.1 Å². The number of hydrogen-bond donors (Lipinski definition) is 1. The number of carbonyl (C=O) groups is 2. The lowest BCUT2D eigenvalue weighted by molar-refractivity contribution is -0.385. The highest BCUT2D eigenvalue weighted by Crippen LogP contribution is 2.36. The van der Waals surface area contributed by atoms with Gasteiger partial charge in [-0.1, -0.05) is 84.8 Å². The Hall–Kier alpha value is -4.94. The van der Waals surface area contributed by atoms with Crippen LogP contribution in [0.15, 0.2) is 95.9 Å². The van der Waals surface area contributed by atoms with Crippen LogP contribution < -0.4 is 14.4 Å². The number of benzene rings is 4. The quantitative estimate of drug-likeness (QED) is 0.114. The maximum atomic E-state index is 14.7. The number of nitro benzene ring substituents is 1. The molecule has 0 unspecified atom stereocenters. The normalized spacial score (nSPS) is 11.8. The summed E-state index contributed by atoms with van der Waals surface area (Å²) in [5.74, 6) is -0.996. The average molecular weight is 707 g/mol. The molecule has 0 spiro atoms. The van der Waals surface area contributed by atoms with Gasteiger partial charge in [0.25, 0.3) is 15.7 Å². The first-order valence-corrected chi connectivity index (χ1v) is 17.5. The Kier molecular flexibility index (Phi) is 12.4. The van der Waals surface area contributed by atoms with Crippen LogP contribution in [0.2, 0.25) is 5.02 Å². The summed E-state index contributed by atoms with van der Waals surface area (Å²) >= 11 is 6.34. The lowest BCUT2D eigenvalue weighted by Crippen LogP contribution is -2.53. The van der Waals surface area contributed by atoms with Crippen LogP contribution in [-0.2, 0) is 32.6 Å². The maximum absolute atomic E-state index is 14.7. The average Bonchev–Trinajstić information content (AvgIpc) is 3.08. The van der Waals surface area contributed by atoms with Crippen molar-refractivity contribution in [2.45, 2.75) is 51.1 Å². The van der Waals surface area contributed by atoms with Gasteiger partial charge in [0.15, 0.2) is 0 Å². The monoisotopic (exact) mass is 706 g/mol. The van der Waals surface area contributed by atoms with Gasteiger partial charge in [0.1, 0.15) is 18.3 Å². The third-order valence-corrected chi connectivity index (χ3v) is 9.94. The van der Waals surface area contributed by atoms with Gasteiger partial charge in [-0.25, -0.2) is 8.42 Å². The summed E-state index contributed by atoms with van der Waals surface area (Å²) in [5.41, 5.74) is 2.33. The van der Waals surface area contributed by atoms with Crippen molar-refractivity contribution >= 4 is 44.8 Å². The number of carbonyl (C=O) groups excluding carboxylic acids is 2. The predicted octanol–water partition coefficient (Wildman–Crippen LogP) is 6.24. The van der Waals surface area contributed by atoms with Crippen molar-refractivity contribution < 1.29 is 27.7 Å². The molecule has 0 aliphatic heterocycles. The zero-order chi connectivity index (χ0) is 35.7. The molecule has 0 bridgehead atoms. The minimum atomic E-state index is -4.66. The Morgan fingerprint density at radius 2 is 1.65 bits per heavy atom. The summed E-state index contributed by atoms with van der Waals surface area (Å²) in [5, 5.41) is 14.8. The van der Waals surface area contributed by atoms with Crippen LogP contribution in [0, 0.1) is 24.0 Å². The fourth-order valence-electron chi connectivity index (χ4n) is 5.26. The van der Waals surface area contributed by atoms with Crippen molar-refractivity contribution in [3.8, 4) is 5.75 Å². The molecule has 4 aromatic rings. The van der Waals surface area contributed by atoms with Gasteiger partial charge in [-0.2, -0.15) is 0 Å². The number of ether oxygens (including phenoxy) is 1. The molecule has 4 aromatic carbocycles. The number of nitro groups is 1. The number of nitrogens with zero attached hydrogens (tertiary/aromatic N) is 3. The standard InChI is InChI=1S/C36H39ClN4O7S/c1-5-19-38-36(43)33(20-27-9-7-6-8-10-27)39(23-28-14-11-25(2)12-15-28)35(42)24-40(32-21-29(37)16-18-34(32)48-4)49(46,47)30-17-13-26(3)31(22-30)41(44)45/h6-18,21-22,33H,5,19-20,23-24H2,1-4H3,(H,38,43)/t33-/m1/s1. The van der Waals surface area contributed by atoms with Crippen molar-refractivity contribution in [1.29, 1.82) is 0 Å². The molecule has 0 heterocycles. The summed E-state index contributed by atoms with van der Waals surface area (Å²) in [6, 6.07) is 23.5. The molecule has 2 amide bonds. The lowest BCUT2D eigenvalue weighted by atomic mass is 10.0. The Morgan fingerprint density at radius 3 is 2.29 bits per heavy atom. The molecule has 0 aliphatic carbocycles. The van der Waals surface area contributed by atoms with Crippen LogP contribution in [0.1, 0.15) is 35.6 Å². The van der Waals surface area contributed by atoms with Gasteiger partial charge in [-0.05, 0) is 55.7 Å². The number of methoxy groups -OCH3 is 1. The fraction of sp³-hybridized carbons (Fsp3) is 0.278. The summed E-state index contributed by atoms with van der Waals surface area (Å²) < 4.78 is 35.2. The van der Waals surface area contributed by atoms with Crippen molar-refractivity contribution in [2.75, 3.05) is 24.5 Å². The van der Waals surface area contributed by atoms with E-state index in [-0.39, 0.29) is 35.0 Å². The van der Waals surface area contributed by atoms with Crippen molar-refractivity contribution in [3.63, 3.8) is 0 Å². The van der Waals surface area contributed by atoms with Gasteiger partial charge >= 0.3 is 0 Å². The zero-order valence-electron chi connectivity index (χ0n) is 27.8. The highest BCUT2D eigenvalue weighted by atomic mass is 35.5. The molecule has 13 heteroatoms. The van der Waals surface area contributed by atoms with Gasteiger partial charge in [0, 0.05) is 36.2 Å². The van der Waals surface area contributed by atoms with Crippen molar-refractivity contribution in [1.82, 2.24) is 10.2 Å². The van der Waals surface area contributed by atoms with E-state index in [0.717, 1.165) is 27.1 Å². The smallest absolute Gasteiger partial charge is 0.273 e. The third-order valence-electron chi connectivity index (χ3n) is 7.95. The second-order valence-corrected chi connectivity index (χ2v) is 13.8. The molecular formula is C36H39ClN4O7S. The number of amides is 2. The van der Waals surface area contributed by atoms with Gasteiger partial charge in [-0.15, -0.1) is 0 Å². The number of halogens is 1. The van der Waals surface area contributed by atoms with Crippen LogP contribution in [0.5, 0.6) is 5.75 Å². The summed E-state index contributed by atoms with van der Waals surface area (Å²) in [6.45, 7) is 4.93. The first-order valence-electron chi connectivity index (χ1n) is 15.6. The van der Waals surface area contributed by atoms with E-state index in [0.29, 0.717) is 13.0 Å². The van der Waals surface area contributed by atoms with Crippen LogP contribution >= 0.6 is 11.6 Å². The van der Waals surface area contributed by atoms with Crippen LogP contribution in [-0.4, -0.2) is 56.3 Å². The molecule has 4 rings (SSSR count). The Labute approximate surface area is 291 Å². The molecule has 0 radical (unpaired) electrons. The van der Waals surface area contributed by atoms with E-state index in [4.69, 9.17) is 16.3 Å². The van der Waals surface area contributed by atoms with E-state index >= 15 is 0 Å². The second-order valence-electron chi connectivity index (χ2n) is 11.5. The Morgan fingerprint density at radius 1 is 0.959 bits per heavy atom. The minimum absolute atomic E-state index is 0.00721. The molecule has 1 N–H and O–H groups in total. The topological polar surface area (TPSA) is 139 Å². The van der Waals surface area contributed by atoms with Gasteiger partial charge < -0.3 is 15.0 Å². The summed E-state index contributed by atoms with van der Waals surface area (Å²) in [6.07, 6.45) is 0.824. The number of hydrogen-bond acceptors (Lipinski definition) is 7. The number of aryl methyl sites for hydroxylation is 2. The zero-order valence-corrected chi connectivity index (χ0v) is 29.3. The number of rotatable bonds is 15. The first kappa shape index (κ1) is 36.9. The summed E-state index contributed by atoms with van der Waals surface area (Å²) in [7, 11) is -3.32. The van der Waals surface area contributed by atoms with E-state index in [1.165, 1.54) is 49.3 Å². The first-order chi connectivity index (χ1) is 23.3. The van der Waals surface area contributed by atoms with Crippen LogP contribution in [0.3, 0.4) is 0 Å². The van der Waals surface area contributed by atoms with Gasteiger partial charge in [0.05, 0.1) is 22.6 Å². The molecular weight excluding hydrogens is 668 g/mol. The van der Waals surface area contributed by atoms with Gasteiger partial charge in [0.2, 0.25) is 11.8 Å². The molecule has 11 nitrogen and oxygen atoms in total. The lowest BCUT2D eigenvalue weighted by Gasteiger charge is -2.34. The molecule has 0 aromatic heterocycles. The third kappa shape index (κ3) is 9.15. The van der Waals surface area contributed by atoms with Crippen molar-refractivity contribution in [2.24, 2.45) is 0 Å². The second kappa shape index (κ2) is 16.4. The summed E-state index contributed by atoms with van der Waals surface area (Å²) in [4.78, 5) is 40.5. The van der Waals surface area contributed by atoms with E-state index < -0.39 is 49.9 Å². The molecule has 0 saturated heterocycles. The molecule has 0 saturated carbocycles. The number of nitrogens with one attached hydrogen (secondary N) is 1. The molecule has 0 fully saturated rings. The van der Waals surface area contributed by atoms with Crippen LogP contribution in [0.4, 0.5) is 11.4 Å². The number of anilines is 1. The molecule has 0 aliphatic rings. The Balaban J connectivity index is 1.88. The van der Waals surface area contributed by atoms with Crippen LogP contribution in [0.25, 0.3) is 0 Å². The fourth-order valence-corrected chi connectivity index (χ4v) is 6.86. The minimum Gasteiger partial charge on any atom is -0.495 e. The molecule has 1 atom stereocenters. The van der Waals surface area contributed by atoms with E-state index in [1.54, 1.807) is 0 Å². The predicted molar refractivity (Wildman–Crippen MR) is 189 cm³/mol. The molecule has 49 heavy (non-hydrogen) atoms. The van der Waals surface area contributed by atoms with E-state index in [2.05, 4.69) is 5.32 Å². The highest BCUT2D eigenvalue weighted by molar-refractivity contribution is 7.92. The van der Waals surface area contributed by atoms with E-state index in [1.807, 2.05) is 68.4 Å². The number of sulfonamides is 1. The largest absolute Gasteiger partial charge is 0.495 e. The Bertz CT molecular complexity index is 1900. The SMILES string of the molecule is CCCNC(=O)[C@@H](Cc1ccccc1)N(Cc1ccc(C)cc1)C(=O)CN(c1cc(Cl)ccc1OC)S(=O)(=O)c1ccc(C)c([N+](=O)[O-])c1.